The van der Waals surface area contributed by atoms with Gasteiger partial charge in [0.1, 0.15) is 0 Å². The SMILES string of the molecule is CC(CN(C)C)n1ccc(=O)[nH]c1=S. The van der Waals surface area contributed by atoms with Crippen molar-refractivity contribution in [3.05, 3.63) is 27.4 Å². The Bertz CT molecular complexity index is 407. The highest BCUT2D eigenvalue weighted by atomic mass is 32.1. The van der Waals surface area contributed by atoms with Gasteiger partial charge in [-0.05, 0) is 33.2 Å². The van der Waals surface area contributed by atoms with Crippen LogP contribution in [0, 0.1) is 4.77 Å². The molecule has 0 saturated carbocycles. The van der Waals surface area contributed by atoms with Crippen LogP contribution in [0.5, 0.6) is 0 Å². The zero-order valence-corrected chi connectivity index (χ0v) is 9.47. The summed E-state index contributed by atoms with van der Waals surface area (Å²) in [5.74, 6) is 0. The van der Waals surface area contributed by atoms with Crippen molar-refractivity contribution in [2.75, 3.05) is 20.6 Å². The molecule has 14 heavy (non-hydrogen) atoms. The fourth-order valence-corrected chi connectivity index (χ4v) is 1.73. The molecule has 0 radical (unpaired) electrons. The molecule has 78 valence electrons. The molecule has 0 aliphatic carbocycles. The minimum atomic E-state index is -0.150. The first kappa shape index (κ1) is 11.1. The summed E-state index contributed by atoms with van der Waals surface area (Å²) >= 11 is 5.06. The summed E-state index contributed by atoms with van der Waals surface area (Å²) in [6.07, 6.45) is 1.73. The molecule has 1 atom stereocenters. The number of hydrogen-bond donors (Lipinski definition) is 1. The van der Waals surface area contributed by atoms with Crippen LogP contribution in [0.3, 0.4) is 0 Å². The van der Waals surface area contributed by atoms with Gasteiger partial charge in [-0.15, -0.1) is 0 Å². The normalized spacial score (nSPS) is 13.1. The Kier molecular flexibility index (Phi) is 3.60. The van der Waals surface area contributed by atoms with Gasteiger partial charge in [-0.25, -0.2) is 0 Å². The van der Waals surface area contributed by atoms with Gasteiger partial charge >= 0.3 is 0 Å². The summed E-state index contributed by atoms with van der Waals surface area (Å²) in [6, 6.07) is 1.75. The van der Waals surface area contributed by atoms with Crippen LogP contribution in [0.25, 0.3) is 0 Å². The van der Waals surface area contributed by atoms with Crippen molar-refractivity contribution in [1.82, 2.24) is 14.5 Å². The third-order valence-corrected chi connectivity index (χ3v) is 2.27. The lowest BCUT2D eigenvalue weighted by molar-refractivity contribution is 0.333. The summed E-state index contributed by atoms with van der Waals surface area (Å²) in [4.78, 5) is 15.6. The van der Waals surface area contributed by atoms with Gasteiger partial charge in [0.15, 0.2) is 4.77 Å². The van der Waals surface area contributed by atoms with Crippen LogP contribution in [0.1, 0.15) is 13.0 Å². The molecule has 5 heteroatoms. The molecule has 0 aliphatic heterocycles. The van der Waals surface area contributed by atoms with Gasteiger partial charge in [0, 0.05) is 24.8 Å². The van der Waals surface area contributed by atoms with E-state index in [9.17, 15) is 4.79 Å². The number of rotatable bonds is 3. The van der Waals surface area contributed by atoms with Crippen molar-refractivity contribution < 1.29 is 0 Å². The second-order valence-electron chi connectivity index (χ2n) is 3.63. The molecule has 0 saturated heterocycles. The first-order valence-corrected chi connectivity index (χ1v) is 4.87. The molecule has 0 amide bonds. The Morgan fingerprint density at radius 3 is 2.79 bits per heavy atom. The van der Waals surface area contributed by atoms with Crippen LogP contribution in [0.4, 0.5) is 0 Å². The van der Waals surface area contributed by atoms with E-state index in [0.717, 1.165) is 6.54 Å². The first-order chi connectivity index (χ1) is 6.50. The van der Waals surface area contributed by atoms with Crippen LogP contribution >= 0.6 is 12.2 Å². The number of H-pyrrole nitrogens is 1. The molecule has 1 N–H and O–H groups in total. The Hall–Kier alpha value is -0.940. The fraction of sp³-hybridized carbons (Fsp3) is 0.556. The summed E-state index contributed by atoms with van der Waals surface area (Å²) < 4.78 is 2.36. The van der Waals surface area contributed by atoms with E-state index in [0.29, 0.717) is 4.77 Å². The minimum absolute atomic E-state index is 0.150. The van der Waals surface area contributed by atoms with Gasteiger partial charge in [-0.2, -0.15) is 0 Å². The number of likely N-dealkylation sites (N-methyl/N-ethyl adjacent to an activating group) is 1. The van der Waals surface area contributed by atoms with Gasteiger partial charge in [-0.3, -0.25) is 9.78 Å². The molecule has 4 nitrogen and oxygen atoms in total. The molecule has 1 aromatic rings. The van der Waals surface area contributed by atoms with Crippen LogP contribution < -0.4 is 5.56 Å². The smallest absolute Gasteiger partial charge is 0.251 e. The maximum Gasteiger partial charge on any atom is 0.251 e. The lowest BCUT2D eigenvalue weighted by Crippen LogP contribution is -2.24. The number of aromatic nitrogens is 2. The van der Waals surface area contributed by atoms with Crippen molar-refractivity contribution >= 4 is 12.2 Å². The standard InChI is InChI=1S/C9H15N3OS/c1-7(6-11(2)3)12-5-4-8(13)10-9(12)14/h4-5,7H,6H2,1-3H3,(H,10,13,14). The Labute approximate surface area is 88.2 Å². The Morgan fingerprint density at radius 2 is 2.29 bits per heavy atom. The van der Waals surface area contributed by atoms with Crippen molar-refractivity contribution in [1.29, 1.82) is 0 Å². The summed E-state index contributed by atoms with van der Waals surface area (Å²) in [5.41, 5.74) is -0.150. The van der Waals surface area contributed by atoms with Crippen molar-refractivity contribution in [2.45, 2.75) is 13.0 Å². The third-order valence-electron chi connectivity index (χ3n) is 1.96. The summed E-state index contributed by atoms with van der Waals surface area (Å²) in [6.45, 7) is 2.95. The Balaban J connectivity index is 2.96. The molecule has 0 aliphatic rings. The van der Waals surface area contributed by atoms with Gasteiger partial charge < -0.3 is 9.47 Å². The highest BCUT2D eigenvalue weighted by Gasteiger charge is 2.05. The van der Waals surface area contributed by atoms with E-state index < -0.39 is 0 Å². The van der Waals surface area contributed by atoms with Crippen molar-refractivity contribution in [2.24, 2.45) is 0 Å². The Morgan fingerprint density at radius 1 is 1.64 bits per heavy atom. The predicted molar refractivity (Wildman–Crippen MR) is 59.2 cm³/mol. The molecule has 1 unspecified atom stereocenters. The average molecular weight is 213 g/mol. The predicted octanol–water partition coefficient (Wildman–Crippen LogP) is 1.03. The van der Waals surface area contributed by atoms with E-state index >= 15 is 0 Å². The molecule has 0 spiro atoms. The zero-order chi connectivity index (χ0) is 10.7. The molecule has 0 fully saturated rings. The minimum Gasteiger partial charge on any atom is -0.321 e. The molecule has 0 aromatic carbocycles. The molecule has 1 aromatic heterocycles. The average Bonchev–Trinajstić information content (AvgIpc) is 2.01. The van der Waals surface area contributed by atoms with Crippen LogP contribution in [-0.2, 0) is 0 Å². The van der Waals surface area contributed by atoms with Crippen LogP contribution in [0.2, 0.25) is 0 Å². The highest BCUT2D eigenvalue weighted by Crippen LogP contribution is 2.04. The fourth-order valence-electron chi connectivity index (χ4n) is 1.39. The number of nitrogens with one attached hydrogen (secondary N) is 1. The van der Waals surface area contributed by atoms with Crippen LogP contribution in [-0.4, -0.2) is 35.1 Å². The molecule has 0 bridgehead atoms. The highest BCUT2D eigenvalue weighted by molar-refractivity contribution is 7.71. The monoisotopic (exact) mass is 213 g/mol. The van der Waals surface area contributed by atoms with Crippen LogP contribution in [0.15, 0.2) is 17.1 Å². The lowest BCUT2D eigenvalue weighted by atomic mass is 10.3. The topological polar surface area (TPSA) is 41.0 Å². The maximum atomic E-state index is 10.9. The second-order valence-corrected chi connectivity index (χ2v) is 4.02. The van der Waals surface area contributed by atoms with E-state index in [-0.39, 0.29) is 11.6 Å². The zero-order valence-electron chi connectivity index (χ0n) is 8.65. The summed E-state index contributed by atoms with van der Waals surface area (Å²) in [7, 11) is 4.01. The largest absolute Gasteiger partial charge is 0.321 e. The maximum absolute atomic E-state index is 10.9. The van der Waals surface area contributed by atoms with Gasteiger partial charge in [0.2, 0.25) is 0 Å². The lowest BCUT2D eigenvalue weighted by Gasteiger charge is -2.19. The van der Waals surface area contributed by atoms with Gasteiger partial charge in [-0.1, -0.05) is 0 Å². The second kappa shape index (κ2) is 4.52. The van der Waals surface area contributed by atoms with E-state index in [2.05, 4.69) is 16.8 Å². The van der Waals surface area contributed by atoms with E-state index in [4.69, 9.17) is 12.2 Å². The van der Waals surface area contributed by atoms with E-state index in [1.807, 2.05) is 18.7 Å². The number of hydrogen-bond acceptors (Lipinski definition) is 3. The van der Waals surface area contributed by atoms with E-state index in [1.165, 1.54) is 6.07 Å². The molecular weight excluding hydrogens is 198 g/mol. The number of aromatic amines is 1. The summed E-state index contributed by atoms with van der Waals surface area (Å²) in [5, 5.41) is 0. The van der Waals surface area contributed by atoms with E-state index in [1.54, 1.807) is 6.20 Å². The van der Waals surface area contributed by atoms with Crippen molar-refractivity contribution in [3.8, 4) is 0 Å². The van der Waals surface area contributed by atoms with Gasteiger partial charge in [0.05, 0.1) is 0 Å². The van der Waals surface area contributed by atoms with Gasteiger partial charge in [0.25, 0.3) is 5.56 Å². The molecule has 1 rings (SSSR count). The number of nitrogens with zero attached hydrogens (tertiary/aromatic N) is 2. The molecule has 1 heterocycles. The first-order valence-electron chi connectivity index (χ1n) is 4.47. The third kappa shape index (κ3) is 2.78. The molecular formula is C9H15N3OS. The van der Waals surface area contributed by atoms with Crippen molar-refractivity contribution in [3.63, 3.8) is 0 Å². The quantitative estimate of drug-likeness (QED) is 0.762.